The number of hydrogen-bond donors (Lipinski definition) is 1. The zero-order chi connectivity index (χ0) is 12.9. The molecule has 0 heterocycles. The SMILES string of the molecule is CCCCCCCC(=O)OCC(O)CCCC. The predicted octanol–water partition coefficient (Wildman–Crippen LogP) is 3.44. The van der Waals surface area contributed by atoms with Gasteiger partial charge in [0.25, 0.3) is 0 Å². The zero-order valence-electron chi connectivity index (χ0n) is 11.4. The lowest BCUT2D eigenvalue weighted by Gasteiger charge is -2.10. The number of rotatable bonds is 11. The van der Waals surface area contributed by atoms with Crippen molar-refractivity contribution in [3.05, 3.63) is 0 Å². The van der Waals surface area contributed by atoms with Crippen molar-refractivity contribution in [1.29, 1.82) is 0 Å². The number of aliphatic hydroxyl groups is 1. The molecule has 0 saturated carbocycles. The van der Waals surface area contributed by atoms with E-state index in [4.69, 9.17) is 4.74 Å². The Kier molecular flexibility index (Phi) is 11.5. The molecule has 0 saturated heterocycles. The zero-order valence-corrected chi connectivity index (χ0v) is 11.4. The third-order valence-electron chi connectivity index (χ3n) is 2.81. The summed E-state index contributed by atoms with van der Waals surface area (Å²) in [6.07, 6.45) is 8.43. The van der Waals surface area contributed by atoms with Crippen molar-refractivity contribution in [3.63, 3.8) is 0 Å². The Hall–Kier alpha value is -0.570. The third kappa shape index (κ3) is 11.7. The first kappa shape index (κ1) is 16.4. The fraction of sp³-hybridized carbons (Fsp3) is 0.929. The molecule has 0 aliphatic rings. The van der Waals surface area contributed by atoms with E-state index in [-0.39, 0.29) is 12.6 Å². The largest absolute Gasteiger partial charge is 0.463 e. The normalized spacial score (nSPS) is 12.4. The van der Waals surface area contributed by atoms with Gasteiger partial charge in [0.15, 0.2) is 0 Å². The molecule has 1 atom stereocenters. The summed E-state index contributed by atoms with van der Waals surface area (Å²) in [6, 6.07) is 0. The number of aliphatic hydroxyl groups excluding tert-OH is 1. The second kappa shape index (κ2) is 11.9. The van der Waals surface area contributed by atoms with E-state index in [0.717, 1.165) is 32.1 Å². The summed E-state index contributed by atoms with van der Waals surface area (Å²) in [5.41, 5.74) is 0. The molecule has 3 heteroatoms. The summed E-state index contributed by atoms with van der Waals surface area (Å²) in [4.78, 5) is 11.3. The van der Waals surface area contributed by atoms with Crippen LogP contribution in [0.25, 0.3) is 0 Å². The molecule has 3 nitrogen and oxygen atoms in total. The van der Waals surface area contributed by atoms with Gasteiger partial charge in [-0.15, -0.1) is 0 Å². The van der Waals surface area contributed by atoms with Gasteiger partial charge in [0, 0.05) is 6.42 Å². The first-order valence-corrected chi connectivity index (χ1v) is 7.04. The molecule has 0 aromatic carbocycles. The number of unbranched alkanes of at least 4 members (excludes halogenated alkanes) is 5. The van der Waals surface area contributed by atoms with Crippen LogP contribution in [0.2, 0.25) is 0 Å². The number of hydrogen-bond acceptors (Lipinski definition) is 3. The van der Waals surface area contributed by atoms with Gasteiger partial charge in [-0.2, -0.15) is 0 Å². The quantitative estimate of drug-likeness (QED) is 0.447. The van der Waals surface area contributed by atoms with Crippen LogP contribution in [0.3, 0.4) is 0 Å². The Bertz CT molecular complexity index is 180. The second-order valence-corrected chi connectivity index (χ2v) is 4.64. The number of carbonyl (C=O) groups is 1. The molecule has 0 amide bonds. The van der Waals surface area contributed by atoms with Crippen molar-refractivity contribution in [2.75, 3.05) is 6.61 Å². The lowest BCUT2D eigenvalue weighted by atomic mass is 10.1. The predicted molar refractivity (Wildman–Crippen MR) is 69.9 cm³/mol. The minimum atomic E-state index is -0.487. The molecule has 0 bridgehead atoms. The molecule has 102 valence electrons. The van der Waals surface area contributed by atoms with Crippen molar-refractivity contribution in [2.24, 2.45) is 0 Å². The van der Waals surface area contributed by atoms with Crippen molar-refractivity contribution in [2.45, 2.75) is 77.7 Å². The van der Waals surface area contributed by atoms with Crippen LogP contribution in [0.4, 0.5) is 0 Å². The van der Waals surface area contributed by atoms with E-state index in [1.54, 1.807) is 0 Å². The molecular weight excluding hydrogens is 216 g/mol. The smallest absolute Gasteiger partial charge is 0.305 e. The van der Waals surface area contributed by atoms with Crippen LogP contribution < -0.4 is 0 Å². The topological polar surface area (TPSA) is 46.5 Å². The van der Waals surface area contributed by atoms with Gasteiger partial charge in [0.05, 0.1) is 6.10 Å². The van der Waals surface area contributed by atoms with Crippen molar-refractivity contribution in [1.82, 2.24) is 0 Å². The Morgan fingerprint density at radius 3 is 2.35 bits per heavy atom. The maximum Gasteiger partial charge on any atom is 0.305 e. The number of carbonyl (C=O) groups excluding carboxylic acids is 1. The van der Waals surface area contributed by atoms with E-state index in [2.05, 4.69) is 13.8 Å². The van der Waals surface area contributed by atoms with Crippen LogP contribution in [-0.4, -0.2) is 23.8 Å². The highest BCUT2D eigenvalue weighted by Gasteiger charge is 2.07. The van der Waals surface area contributed by atoms with Gasteiger partial charge >= 0.3 is 5.97 Å². The minimum Gasteiger partial charge on any atom is -0.463 e. The molecule has 0 aromatic rings. The summed E-state index contributed by atoms with van der Waals surface area (Å²) in [7, 11) is 0. The van der Waals surface area contributed by atoms with Crippen molar-refractivity contribution in [3.8, 4) is 0 Å². The van der Waals surface area contributed by atoms with E-state index in [9.17, 15) is 9.90 Å². The van der Waals surface area contributed by atoms with Gasteiger partial charge in [-0.1, -0.05) is 52.4 Å². The van der Waals surface area contributed by atoms with Gasteiger partial charge < -0.3 is 9.84 Å². The number of esters is 1. The van der Waals surface area contributed by atoms with Crippen LogP contribution in [-0.2, 0) is 9.53 Å². The van der Waals surface area contributed by atoms with Crippen LogP contribution in [0.1, 0.15) is 71.6 Å². The molecule has 1 unspecified atom stereocenters. The fourth-order valence-corrected chi connectivity index (χ4v) is 1.66. The summed E-state index contributed by atoms with van der Waals surface area (Å²) in [5, 5.41) is 9.49. The maximum atomic E-state index is 11.3. The lowest BCUT2D eigenvalue weighted by molar-refractivity contribution is -0.146. The van der Waals surface area contributed by atoms with E-state index in [0.29, 0.717) is 6.42 Å². The van der Waals surface area contributed by atoms with E-state index in [1.165, 1.54) is 19.3 Å². The molecule has 0 aromatic heterocycles. The highest BCUT2D eigenvalue weighted by molar-refractivity contribution is 5.69. The average Bonchev–Trinajstić information content (AvgIpc) is 2.33. The van der Waals surface area contributed by atoms with E-state index in [1.807, 2.05) is 0 Å². The highest BCUT2D eigenvalue weighted by Crippen LogP contribution is 2.06. The number of ether oxygens (including phenoxy) is 1. The van der Waals surface area contributed by atoms with Crippen LogP contribution >= 0.6 is 0 Å². The minimum absolute atomic E-state index is 0.161. The van der Waals surface area contributed by atoms with Gasteiger partial charge in [-0.3, -0.25) is 4.79 Å². The standard InChI is InChI=1S/C14H28O3/c1-3-5-7-8-9-11-14(16)17-12-13(15)10-6-4-2/h13,15H,3-12H2,1-2H3. The molecule has 0 aliphatic heterocycles. The van der Waals surface area contributed by atoms with Gasteiger partial charge in [-0.25, -0.2) is 0 Å². The van der Waals surface area contributed by atoms with E-state index >= 15 is 0 Å². The van der Waals surface area contributed by atoms with Crippen LogP contribution in [0.15, 0.2) is 0 Å². The molecule has 17 heavy (non-hydrogen) atoms. The highest BCUT2D eigenvalue weighted by atomic mass is 16.5. The van der Waals surface area contributed by atoms with Crippen LogP contribution in [0.5, 0.6) is 0 Å². The summed E-state index contributed by atoms with van der Waals surface area (Å²) >= 11 is 0. The second-order valence-electron chi connectivity index (χ2n) is 4.64. The summed E-state index contributed by atoms with van der Waals surface area (Å²) in [5.74, 6) is -0.169. The van der Waals surface area contributed by atoms with Gasteiger partial charge in [-0.05, 0) is 12.8 Å². The summed E-state index contributed by atoms with van der Waals surface area (Å²) < 4.78 is 5.02. The Labute approximate surface area is 106 Å². The fourth-order valence-electron chi connectivity index (χ4n) is 1.66. The summed E-state index contributed by atoms with van der Waals surface area (Å²) in [6.45, 7) is 4.41. The van der Waals surface area contributed by atoms with Crippen molar-refractivity contribution >= 4 is 5.97 Å². The molecule has 0 fully saturated rings. The van der Waals surface area contributed by atoms with Crippen molar-refractivity contribution < 1.29 is 14.6 Å². The first-order chi connectivity index (χ1) is 8.20. The van der Waals surface area contributed by atoms with Crippen LogP contribution in [0, 0.1) is 0 Å². The monoisotopic (exact) mass is 244 g/mol. The Balaban J connectivity index is 3.33. The molecule has 0 rings (SSSR count). The van der Waals surface area contributed by atoms with Gasteiger partial charge in [0.1, 0.15) is 6.61 Å². The Morgan fingerprint density at radius 2 is 1.71 bits per heavy atom. The maximum absolute atomic E-state index is 11.3. The first-order valence-electron chi connectivity index (χ1n) is 7.04. The molecular formula is C14H28O3. The van der Waals surface area contributed by atoms with Gasteiger partial charge in [0.2, 0.25) is 0 Å². The molecule has 1 N–H and O–H groups in total. The average molecular weight is 244 g/mol. The van der Waals surface area contributed by atoms with E-state index < -0.39 is 6.10 Å². The molecule has 0 spiro atoms. The third-order valence-corrected chi connectivity index (χ3v) is 2.81. The molecule has 0 aliphatic carbocycles. The Morgan fingerprint density at radius 1 is 1.06 bits per heavy atom. The lowest BCUT2D eigenvalue weighted by Crippen LogP contribution is -2.18. The molecule has 0 radical (unpaired) electrons.